The van der Waals surface area contributed by atoms with Crippen molar-refractivity contribution in [1.82, 2.24) is 15.2 Å². The zero-order valence-corrected chi connectivity index (χ0v) is 19.6. The van der Waals surface area contributed by atoms with Gasteiger partial charge in [-0.2, -0.15) is 4.31 Å². The number of nitrogens with zero attached hydrogens (tertiary/aromatic N) is 1. The Hall–Kier alpha value is -2.88. The van der Waals surface area contributed by atoms with Crippen LogP contribution in [0.4, 0.5) is 0 Å². The van der Waals surface area contributed by atoms with E-state index in [-0.39, 0.29) is 21.2 Å². The van der Waals surface area contributed by atoms with Gasteiger partial charge in [0.1, 0.15) is 10.5 Å². The van der Waals surface area contributed by atoms with Crippen molar-refractivity contribution < 1.29 is 22.4 Å². The normalized spacial score (nSPS) is 15.2. The smallest absolute Gasteiger partial charge is 0.305 e. The Kier molecular flexibility index (Phi) is 6.73. The van der Waals surface area contributed by atoms with E-state index in [4.69, 9.17) is 16.0 Å². The third kappa shape index (κ3) is 4.75. The summed E-state index contributed by atoms with van der Waals surface area (Å²) in [5.41, 5.74) is 5.89. The van der Waals surface area contributed by atoms with Gasteiger partial charge in [-0.15, -0.1) is 0 Å². The molecule has 0 aliphatic carbocycles. The highest BCUT2D eigenvalue weighted by Gasteiger charge is 2.28. The van der Waals surface area contributed by atoms with Gasteiger partial charge in [0.2, 0.25) is 10.0 Å². The Morgan fingerprint density at radius 2 is 1.64 bits per heavy atom. The molecule has 10 heteroatoms. The molecule has 1 saturated heterocycles. The minimum absolute atomic E-state index is 0.0396. The monoisotopic (exact) mass is 489 g/mol. The van der Waals surface area contributed by atoms with E-state index >= 15 is 0 Å². The molecule has 1 aliphatic heterocycles. The molecule has 0 bridgehead atoms. The van der Waals surface area contributed by atoms with Crippen molar-refractivity contribution in [2.24, 2.45) is 0 Å². The number of amides is 2. The summed E-state index contributed by atoms with van der Waals surface area (Å²) in [6.45, 7) is 2.59. The predicted molar refractivity (Wildman–Crippen MR) is 125 cm³/mol. The number of para-hydroxylation sites is 1. The molecule has 2 N–H and O–H groups in total. The third-order valence-corrected chi connectivity index (χ3v) is 8.10. The molecule has 1 fully saturated rings. The zero-order valence-electron chi connectivity index (χ0n) is 18.1. The fourth-order valence-corrected chi connectivity index (χ4v) is 5.91. The Balaban J connectivity index is 1.50. The summed E-state index contributed by atoms with van der Waals surface area (Å²) in [4.78, 5) is 25.1. The molecule has 0 spiro atoms. The Bertz CT molecular complexity index is 1310. The number of hydrazine groups is 1. The Morgan fingerprint density at radius 1 is 0.970 bits per heavy atom. The van der Waals surface area contributed by atoms with E-state index in [2.05, 4.69) is 10.9 Å². The first-order valence-electron chi connectivity index (χ1n) is 10.7. The lowest BCUT2D eigenvalue weighted by molar-refractivity contribution is 0.0831. The van der Waals surface area contributed by atoms with Crippen molar-refractivity contribution in [1.29, 1.82) is 0 Å². The van der Waals surface area contributed by atoms with Crippen molar-refractivity contribution in [2.75, 3.05) is 13.1 Å². The van der Waals surface area contributed by atoms with Crippen LogP contribution in [0, 0.1) is 6.92 Å². The Labute approximate surface area is 196 Å². The highest BCUT2D eigenvalue weighted by molar-refractivity contribution is 7.89. The van der Waals surface area contributed by atoms with Crippen molar-refractivity contribution in [3.05, 3.63) is 64.4 Å². The van der Waals surface area contributed by atoms with Crippen LogP contribution >= 0.6 is 11.6 Å². The van der Waals surface area contributed by atoms with Gasteiger partial charge in [-0.3, -0.25) is 20.4 Å². The molecular weight excluding hydrogens is 466 g/mol. The summed E-state index contributed by atoms with van der Waals surface area (Å²) in [5.74, 6) is -1.22. The molecule has 0 unspecified atom stereocenters. The quantitative estimate of drug-likeness (QED) is 0.538. The lowest BCUT2D eigenvalue weighted by Crippen LogP contribution is -2.41. The second-order valence-corrected chi connectivity index (χ2v) is 10.2. The minimum atomic E-state index is -3.85. The molecule has 4 rings (SSSR count). The van der Waals surface area contributed by atoms with E-state index in [1.54, 1.807) is 19.1 Å². The van der Waals surface area contributed by atoms with E-state index in [9.17, 15) is 18.0 Å². The van der Waals surface area contributed by atoms with Gasteiger partial charge in [-0.25, -0.2) is 8.42 Å². The van der Waals surface area contributed by atoms with E-state index in [0.29, 0.717) is 24.2 Å². The molecule has 33 heavy (non-hydrogen) atoms. The average molecular weight is 490 g/mol. The summed E-state index contributed by atoms with van der Waals surface area (Å²) in [7, 11) is -3.85. The molecule has 8 nitrogen and oxygen atoms in total. The van der Waals surface area contributed by atoms with Gasteiger partial charge in [0.05, 0.1) is 5.02 Å². The first kappa shape index (κ1) is 23.3. The number of carbonyl (C=O) groups is 2. The number of carbonyl (C=O) groups excluding carboxylic acids is 2. The van der Waals surface area contributed by atoms with Crippen molar-refractivity contribution in [2.45, 2.75) is 37.5 Å². The number of sulfonamides is 1. The molecule has 2 aromatic carbocycles. The van der Waals surface area contributed by atoms with E-state index in [1.807, 2.05) is 12.1 Å². The average Bonchev–Trinajstić information content (AvgIpc) is 2.97. The van der Waals surface area contributed by atoms with Crippen LogP contribution in [-0.2, 0) is 10.0 Å². The van der Waals surface area contributed by atoms with Gasteiger partial charge in [0.25, 0.3) is 5.91 Å². The fourth-order valence-electron chi connectivity index (χ4n) is 3.90. The largest absolute Gasteiger partial charge is 0.451 e. The van der Waals surface area contributed by atoms with E-state index < -0.39 is 21.8 Å². The molecule has 2 heterocycles. The molecule has 0 saturated carbocycles. The van der Waals surface area contributed by atoms with Crippen molar-refractivity contribution >= 4 is 44.4 Å². The SMILES string of the molecule is Cc1c(C(=O)NNC(=O)c2ccc(Cl)c(S(=O)(=O)N3CCCCCC3)c2)oc2ccccc12. The fraction of sp³-hybridized carbons (Fsp3) is 0.304. The minimum Gasteiger partial charge on any atom is -0.451 e. The van der Waals surface area contributed by atoms with Crippen LogP contribution in [0.2, 0.25) is 5.02 Å². The second kappa shape index (κ2) is 9.54. The number of halogens is 1. The summed E-state index contributed by atoms with van der Waals surface area (Å²) in [5, 5.41) is 0.841. The van der Waals surface area contributed by atoms with Gasteiger partial charge < -0.3 is 4.42 Å². The Morgan fingerprint density at radius 3 is 2.33 bits per heavy atom. The number of nitrogens with one attached hydrogen (secondary N) is 2. The highest BCUT2D eigenvalue weighted by Crippen LogP contribution is 2.28. The second-order valence-electron chi connectivity index (χ2n) is 7.92. The molecule has 0 radical (unpaired) electrons. The first-order chi connectivity index (χ1) is 15.8. The summed E-state index contributed by atoms with van der Waals surface area (Å²) < 4.78 is 33.3. The van der Waals surface area contributed by atoms with Gasteiger partial charge >= 0.3 is 5.91 Å². The number of fused-ring (bicyclic) bond motifs is 1. The van der Waals surface area contributed by atoms with E-state index in [1.165, 1.54) is 22.5 Å². The summed E-state index contributed by atoms with van der Waals surface area (Å²) in [6.07, 6.45) is 3.52. The predicted octanol–water partition coefficient (Wildman–Crippen LogP) is 4.03. The summed E-state index contributed by atoms with van der Waals surface area (Å²) >= 11 is 6.19. The van der Waals surface area contributed by atoms with Crippen LogP contribution in [0.3, 0.4) is 0 Å². The number of hydrogen-bond acceptors (Lipinski definition) is 5. The van der Waals surface area contributed by atoms with E-state index in [0.717, 1.165) is 31.1 Å². The third-order valence-electron chi connectivity index (χ3n) is 5.72. The standard InChI is InChI=1S/C23H24ClN3O5S/c1-15-17-8-4-5-9-19(17)32-21(15)23(29)26-25-22(28)16-10-11-18(24)20(14-16)33(30,31)27-12-6-2-3-7-13-27/h4-5,8-11,14H,2-3,6-7,12-13H2,1H3,(H,25,28)(H,26,29). The molecule has 1 aromatic heterocycles. The lowest BCUT2D eigenvalue weighted by Gasteiger charge is -2.21. The van der Waals surface area contributed by atoms with Gasteiger partial charge in [0, 0.05) is 29.6 Å². The maximum Gasteiger partial charge on any atom is 0.305 e. The number of benzene rings is 2. The van der Waals surface area contributed by atoms with Crippen LogP contribution in [0.5, 0.6) is 0 Å². The van der Waals surface area contributed by atoms with Crippen LogP contribution in [0.1, 0.15) is 52.2 Å². The number of furan rings is 1. The number of rotatable bonds is 4. The van der Waals surface area contributed by atoms with Crippen molar-refractivity contribution in [3.63, 3.8) is 0 Å². The lowest BCUT2D eigenvalue weighted by atomic mass is 10.1. The van der Waals surface area contributed by atoms with Crippen molar-refractivity contribution in [3.8, 4) is 0 Å². The summed E-state index contributed by atoms with van der Waals surface area (Å²) in [6, 6.07) is 11.2. The molecule has 3 aromatic rings. The van der Waals surface area contributed by atoms with Crippen LogP contribution in [0.25, 0.3) is 11.0 Å². The highest BCUT2D eigenvalue weighted by atomic mass is 35.5. The van der Waals surface area contributed by atoms with Gasteiger partial charge in [-0.05, 0) is 44.0 Å². The molecule has 174 valence electrons. The first-order valence-corrected chi connectivity index (χ1v) is 12.5. The zero-order chi connectivity index (χ0) is 23.6. The van der Waals surface area contributed by atoms with Crippen LogP contribution in [-0.4, -0.2) is 37.6 Å². The van der Waals surface area contributed by atoms with Crippen LogP contribution < -0.4 is 10.9 Å². The number of aryl methyl sites for hydroxylation is 1. The topological polar surface area (TPSA) is 109 Å². The molecular formula is C23H24ClN3O5S. The molecule has 2 amide bonds. The molecule has 0 atom stereocenters. The maximum absolute atomic E-state index is 13.1. The van der Waals surface area contributed by atoms with Gasteiger partial charge in [0.15, 0.2) is 5.76 Å². The van der Waals surface area contributed by atoms with Gasteiger partial charge in [-0.1, -0.05) is 42.6 Å². The van der Waals surface area contributed by atoms with Crippen LogP contribution in [0.15, 0.2) is 51.8 Å². The molecule has 1 aliphatic rings. The number of hydrogen-bond donors (Lipinski definition) is 2. The maximum atomic E-state index is 13.1.